The number of unbranched alkanes of at least 4 members (excludes halogenated alkanes) is 2. The van der Waals surface area contributed by atoms with Gasteiger partial charge in [-0.25, -0.2) is 18.4 Å². The Hall–Kier alpha value is -3.12. The maximum absolute atomic E-state index is 13.0. The summed E-state index contributed by atoms with van der Waals surface area (Å²) in [4.78, 5) is 23.1. The van der Waals surface area contributed by atoms with Crippen molar-refractivity contribution in [1.82, 2.24) is 4.90 Å². The summed E-state index contributed by atoms with van der Waals surface area (Å²) in [6, 6.07) is 7.19. The molecule has 196 valence electrons. The fourth-order valence-electron chi connectivity index (χ4n) is 4.35. The minimum absolute atomic E-state index is 0.00274. The minimum atomic E-state index is -4.95. The lowest BCUT2D eigenvalue weighted by molar-refractivity contribution is -0.274. The van der Waals surface area contributed by atoms with Gasteiger partial charge in [-0.1, -0.05) is 12.1 Å². The number of carboxylic acid groups (broad SMARTS) is 1. The van der Waals surface area contributed by atoms with E-state index in [9.17, 15) is 36.3 Å². The lowest BCUT2D eigenvalue weighted by Crippen LogP contribution is -2.32. The maximum atomic E-state index is 13.0. The van der Waals surface area contributed by atoms with Gasteiger partial charge < -0.3 is 19.5 Å². The van der Waals surface area contributed by atoms with Gasteiger partial charge in [0.25, 0.3) is 0 Å². The van der Waals surface area contributed by atoms with Gasteiger partial charge in [-0.3, -0.25) is 0 Å². The van der Waals surface area contributed by atoms with Crippen molar-refractivity contribution in [3.8, 4) is 16.9 Å². The molecule has 36 heavy (non-hydrogen) atoms. The van der Waals surface area contributed by atoms with E-state index in [4.69, 9.17) is 5.14 Å². The van der Waals surface area contributed by atoms with Crippen molar-refractivity contribution in [2.45, 2.75) is 56.2 Å². The van der Waals surface area contributed by atoms with Crippen LogP contribution in [-0.4, -0.2) is 50.3 Å². The molecule has 0 fully saturated rings. The van der Waals surface area contributed by atoms with Gasteiger partial charge in [0.1, 0.15) is 12.0 Å². The third kappa shape index (κ3) is 7.20. The standard InChI is InChI=1S/C24H27F3N2O6S/c25-24(26,27)35-21-8-7-16(13-18(21)9-11-29(23(31)32)10-2-1-3-12-30)19-14-17-5-4-6-20(17)22(15-19)36(28,33)34/h7-8,12-15H,1-6,9-11H2,(H,31,32)(H2,28,33,34). The van der Waals surface area contributed by atoms with Crippen molar-refractivity contribution in [1.29, 1.82) is 0 Å². The number of fused-ring (bicyclic) bond motifs is 1. The number of carbonyl (C=O) groups is 2. The largest absolute Gasteiger partial charge is 0.573 e. The van der Waals surface area contributed by atoms with E-state index >= 15 is 0 Å². The first-order valence-corrected chi connectivity index (χ1v) is 12.9. The van der Waals surface area contributed by atoms with E-state index in [-0.39, 0.29) is 30.0 Å². The second-order valence-electron chi connectivity index (χ2n) is 8.56. The Labute approximate surface area is 206 Å². The van der Waals surface area contributed by atoms with Crippen LogP contribution in [0.4, 0.5) is 18.0 Å². The highest BCUT2D eigenvalue weighted by Crippen LogP contribution is 2.36. The molecular weight excluding hydrogens is 501 g/mol. The number of amides is 1. The third-order valence-electron chi connectivity index (χ3n) is 6.02. The summed E-state index contributed by atoms with van der Waals surface area (Å²) in [7, 11) is -4.01. The molecule has 8 nitrogen and oxygen atoms in total. The molecule has 0 aliphatic heterocycles. The number of aryl methyl sites for hydroxylation is 1. The highest BCUT2D eigenvalue weighted by molar-refractivity contribution is 7.89. The quantitative estimate of drug-likeness (QED) is 0.331. The molecule has 0 unspecified atom stereocenters. The third-order valence-corrected chi connectivity index (χ3v) is 7.00. The van der Waals surface area contributed by atoms with E-state index in [0.717, 1.165) is 29.2 Å². The molecule has 0 saturated heterocycles. The van der Waals surface area contributed by atoms with Crippen molar-refractivity contribution in [2.75, 3.05) is 13.1 Å². The van der Waals surface area contributed by atoms with E-state index in [1.807, 2.05) is 0 Å². The highest BCUT2D eigenvalue weighted by Gasteiger charge is 2.32. The van der Waals surface area contributed by atoms with Gasteiger partial charge in [0.05, 0.1) is 4.90 Å². The number of halogens is 3. The van der Waals surface area contributed by atoms with Gasteiger partial charge in [0, 0.05) is 19.5 Å². The fourth-order valence-corrected chi connectivity index (χ4v) is 5.22. The molecule has 0 radical (unpaired) electrons. The Morgan fingerprint density at radius 2 is 1.86 bits per heavy atom. The number of primary sulfonamides is 1. The molecule has 0 atom stereocenters. The normalized spacial score (nSPS) is 13.3. The van der Waals surface area contributed by atoms with Crippen LogP contribution in [0.2, 0.25) is 0 Å². The van der Waals surface area contributed by atoms with Crippen LogP contribution in [0.25, 0.3) is 11.1 Å². The van der Waals surface area contributed by atoms with Crippen molar-refractivity contribution < 1.29 is 41.0 Å². The van der Waals surface area contributed by atoms with Crippen LogP contribution in [0.1, 0.15) is 42.4 Å². The topological polar surface area (TPSA) is 127 Å². The van der Waals surface area contributed by atoms with Crippen LogP contribution in [-0.2, 0) is 34.1 Å². The summed E-state index contributed by atoms with van der Waals surface area (Å²) >= 11 is 0. The number of nitrogens with zero attached hydrogens (tertiary/aromatic N) is 1. The Balaban J connectivity index is 1.95. The van der Waals surface area contributed by atoms with Crippen molar-refractivity contribution in [2.24, 2.45) is 5.14 Å². The average molecular weight is 529 g/mol. The second kappa shape index (κ2) is 11.3. The molecule has 2 aromatic rings. The molecule has 12 heteroatoms. The van der Waals surface area contributed by atoms with E-state index in [1.54, 1.807) is 6.07 Å². The highest BCUT2D eigenvalue weighted by atomic mass is 32.2. The van der Waals surface area contributed by atoms with Gasteiger partial charge in [-0.15, -0.1) is 13.2 Å². The lowest BCUT2D eigenvalue weighted by atomic mass is 9.97. The molecule has 0 spiro atoms. The van der Waals surface area contributed by atoms with Crippen LogP contribution in [0.15, 0.2) is 35.2 Å². The number of sulfonamides is 1. The number of ether oxygens (including phenoxy) is 1. The van der Waals surface area contributed by atoms with Crippen LogP contribution >= 0.6 is 0 Å². The van der Waals surface area contributed by atoms with Crippen LogP contribution in [0, 0.1) is 0 Å². The molecule has 0 saturated carbocycles. The van der Waals surface area contributed by atoms with E-state index in [2.05, 4.69) is 4.74 Å². The number of alkyl halides is 3. The summed E-state index contributed by atoms with van der Waals surface area (Å²) in [5, 5.41) is 14.9. The molecule has 1 amide bonds. The Bertz CT molecular complexity index is 1230. The molecule has 3 rings (SSSR count). The molecule has 0 aromatic heterocycles. The van der Waals surface area contributed by atoms with Crippen LogP contribution in [0.3, 0.4) is 0 Å². The molecule has 0 bridgehead atoms. The predicted molar refractivity (Wildman–Crippen MR) is 125 cm³/mol. The number of hydrogen-bond donors (Lipinski definition) is 2. The lowest BCUT2D eigenvalue weighted by Gasteiger charge is -2.21. The van der Waals surface area contributed by atoms with Gasteiger partial charge in [-0.2, -0.15) is 0 Å². The molecule has 2 aromatic carbocycles. The first-order valence-electron chi connectivity index (χ1n) is 11.4. The van der Waals surface area contributed by atoms with Crippen molar-refractivity contribution >= 4 is 22.4 Å². The number of hydrogen-bond acceptors (Lipinski definition) is 5. The molecule has 1 aliphatic carbocycles. The number of carbonyl (C=O) groups excluding carboxylic acids is 1. The molecule has 3 N–H and O–H groups in total. The summed E-state index contributed by atoms with van der Waals surface area (Å²) in [6.45, 7) is 0.0293. The Morgan fingerprint density at radius 1 is 1.11 bits per heavy atom. The molecular formula is C24H27F3N2O6S. The fraction of sp³-hybridized carbons (Fsp3) is 0.417. The van der Waals surface area contributed by atoms with Gasteiger partial charge >= 0.3 is 12.5 Å². The summed E-state index contributed by atoms with van der Waals surface area (Å²) in [5.74, 6) is -0.467. The SMILES string of the molecule is NS(=O)(=O)c1cc(-c2ccc(OC(F)(F)F)c(CCN(CCCCC=O)C(=O)O)c2)cc2c1CCC2. The minimum Gasteiger partial charge on any atom is -0.465 e. The average Bonchev–Trinajstić information content (AvgIpc) is 3.25. The number of nitrogens with two attached hydrogens (primary N) is 1. The number of benzene rings is 2. The van der Waals surface area contributed by atoms with Crippen molar-refractivity contribution in [3.05, 3.63) is 47.0 Å². The van der Waals surface area contributed by atoms with E-state index < -0.39 is 28.2 Å². The summed E-state index contributed by atoms with van der Waals surface area (Å²) in [5.41, 5.74) is 2.52. The van der Waals surface area contributed by atoms with Gasteiger partial charge in [-0.05, 0) is 84.5 Å². The summed E-state index contributed by atoms with van der Waals surface area (Å²) in [6.07, 6.45) is -2.31. The first kappa shape index (κ1) is 27.5. The molecule has 1 aliphatic rings. The van der Waals surface area contributed by atoms with Crippen LogP contribution < -0.4 is 9.88 Å². The van der Waals surface area contributed by atoms with Gasteiger partial charge in [0.15, 0.2) is 0 Å². The molecule has 0 heterocycles. The monoisotopic (exact) mass is 528 g/mol. The number of aldehydes is 1. The maximum Gasteiger partial charge on any atom is 0.573 e. The zero-order valence-corrected chi connectivity index (χ0v) is 20.2. The predicted octanol–water partition coefficient (Wildman–Crippen LogP) is 4.28. The first-order chi connectivity index (χ1) is 16.9. The Kier molecular flexibility index (Phi) is 8.62. The smallest absolute Gasteiger partial charge is 0.465 e. The van der Waals surface area contributed by atoms with Gasteiger partial charge in [0.2, 0.25) is 10.0 Å². The van der Waals surface area contributed by atoms with E-state index in [1.165, 1.54) is 18.2 Å². The van der Waals surface area contributed by atoms with E-state index in [0.29, 0.717) is 48.8 Å². The second-order valence-corrected chi connectivity index (χ2v) is 10.1. The zero-order chi connectivity index (χ0) is 26.5. The number of rotatable bonds is 11. The van der Waals surface area contributed by atoms with Crippen molar-refractivity contribution in [3.63, 3.8) is 0 Å². The zero-order valence-electron chi connectivity index (χ0n) is 19.4. The Morgan fingerprint density at radius 3 is 2.50 bits per heavy atom. The van der Waals surface area contributed by atoms with Crippen LogP contribution in [0.5, 0.6) is 5.75 Å². The summed E-state index contributed by atoms with van der Waals surface area (Å²) < 4.78 is 67.5.